The van der Waals surface area contributed by atoms with Gasteiger partial charge in [-0.2, -0.15) is 23.5 Å². The molecule has 6 atom stereocenters. The summed E-state index contributed by atoms with van der Waals surface area (Å²) in [5, 5.41) is 72.8. The number of esters is 4. The lowest BCUT2D eigenvalue weighted by Crippen LogP contribution is -2.40. The zero-order valence-electron chi connectivity index (χ0n) is 62.4. The summed E-state index contributed by atoms with van der Waals surface area (Å²) in [6.45, 7) is 8.12. The third-order valence-corrected chi connectivity index (χ3v) is 18.4. The summed E-state index contributed by atoms with van der Waals surface area (Å²) >= 11 is 4.52. The van der Waals surface area contributed by atoms with E-state index in [2.05, 4.69) is 29.2 Å². The van der Waals surface area contributed by atoms with Crippen molar-refractivity contribution in [3.63, 3.8) is 0 Å². The molecule has 0 rings (SSSR count). The Morgan fingerprint density at radius 1 is 0.330 bits per heavy atom. The predicted octanol–water partition coefficient (Wildman–Crippen LogP) is 12.7. The number of carboxylic acid groups (broad SMARTS) is 8. The first-order chi connectivity index (χ1) is 49.0. The van der Waals surface area contributed by atoms with Crippen LogP contribution in [0.4, 0.5) is 0 Å². The van der Waals surface area contributed by atoms with Gasteiger partial charge in [-0.15, -0.1) is 23.5 Å². The van der Waals surface area contributed by atoms with Crippen LogP contribution in [0.15, 0.2) is 0 Å². The number of nitrogens with one attached hydrogen (secondary N) is 2. The Morgan fingerprint density at radius 3 is 0.816 bits per heavy atom. The fraction of sp³-hybridized carbons (Fsp3) is 0.803. The average molecular weight is 1550 g/mol. The Kier molecular flexibility index (Phi) is 77.6. The highest BCUT2D eigenvalue weighted by Gasteiger charge is 2.33. The molecular weight excluding hydrogens is 1430 g/mol. The number of carbonyl (C=O) groups excluding carboxylic acids is 6. The quantitative estimate of drug-likeness (QED) is 0.0154. The number of carbonyl (C=O) groups is 14. The molecule has 600 valence electrons. The van der Waals surface area contributed by atoms with E-state index in [1.807, 2.05) is 0 Å². The van der Waals surface area contributed by atoms with E-state index in [0.29, 0.717) is 6.61 Å². The van der Waals surface area contributed by atoms with Crippen molar-refractivity contribution in [3.8, 4) is 0 Å². The second-order valence-electron chi connectivity index (χ2n) is 24.2. The third kappa shape index (κ3) is 76.9. The van der Waals surface area contributed by atoms with Crippen molar-refractivity contribution < 1.29 is 127 Å². The van der Waals surface area contributed by atoms with Gasteiger partial charge in [0, 0.05) is 37.4 Å². The molecule has 0 aliphatic heterocycles. The standard InChI is InChI=1S/C22H43NO3.C21H41NO3.C18H26O12S2.2C5H8O4S/c1-3-5-6-7-8-9-10-11-12-13-14-15-16-17-20-23-21(24)18-19-22(25)26-4-2;1-3-4-5-6-7-8-9-10-11-12-13-14-15-16-19-22-20(23)17-18-21(24)25-2;1-31-7-11(29-15(23)5-9(17(25)26)3-13(19)20)12(8-32-2)30-16(24)6-10(18(27)28)4-14(21)22;2*1-10-3(5(8)9)2-4(6)7/h3-20H2,1-2H3,(H,23,24);3-19H2,1-2H3,(H,22,23);9-12H,3-8H2,1-2H3,(H,19,20)(H,21,22)(H,25,26)(H,27,28);2*3H,2H2,1H3,(H,6,7)(H,8,9). The fourth-order valence-electron chi connectivity index (χ4n) is 9.41. The zero-order chi connectivity index (χ0) is 79.0. The number of thioether (sulfide) groups is 4. The second kappa shape index (κ2) is 75.7. The highest BCUT2D eigenvalue weighted by Crippen LogP contribution is 2.21. The van der Waals surface area contributed by atoms with Gasteiger partial charge < -0.3 is 70.4 Å². The fourth-order valence-corrected chi connectivity index (χ4v) is 11.7. The number of rotatable bonds is 62. The van der Waals surface area contributed by atoms with E-state index in [1.165, 1.54) is 198 Å². The molecule has 6 unspecified atom stereocenters. The second-order valence-corrected chi connectivity index (χ2v) is 28.1. The minimum absolute atomic E-state index is 0.0484. The summed E-state index contributed by atoms with van der Waals surface area (Å²) in [6, 6.07) is 0. The predicted molar refractivity (Wildman–Crippen MR) is 401 cm³/mol. The largest absolute Gasteiger partial charge is 0.481 e. The van der Waals surface area contributed by atoms with Gasteiger partial charge in [0.15, 0.2) is 0 Å². The van der Waals surface area contributed by atoms with E-state index in [-0.39, 0.29) is 73.8 Å². The Morgan fingerprint density at radius 2 is 0.602 bits per heavy atom. The van der Waals surface area contributed by atoms with Crippen molar-refractivity contribution in [2.75, 3.05) is 63.3 Å². The van der Waals surface area contributed by atoms with Crippen LogP contribution in [-0.4, -0.2) is 210 Å². The van der Waals surface area contributed by atoms with Gasteiger partial charge in [0.1, 0.15) is 22.7 Å². The van der Waals surface area contributed by atoms with E-state index < -0.39 is 120 Å². The van der Waals surface area contributed by atoms with Gasteiger partial charge in [0.25, 0.3) is 0 Å². The molecule has 10 N–H and O–H groups in total. The SMILES string of the molecule is CCCCCCCCCCCCCCCCNC(=O)CCC(=O)OC.CCCCCCCCCCCCCCCCNC(=O)CCC(=O)OCC.CSC(CC(=O)O)C(=O)O.CSC(CC(=O)O)C(=O)O.CSCC(OC(=O)CC(CC(=O)O)C(=O)O)C(CSC)OC(=O)CC(CC(=O)O)C(=O)O. The number of methoxy groups -OCH3 is 1. The lowest BCUT2D eigenvalue weighted by molar-refractivity contribution is -0.168. The lowest BCUT2D eigenvalue weighted by atomic mass is 10.0. The molecule has 0 heterocycles. The molecule has 103 heavy (non-hydrogen) atoms. The van der Waals surface area contributed by atoms with Gasteiger partial charge in [-0.25, -0.2) is 0 Å². The first-order valence-corrected chi connectivity index (χ1v) is 41.3. The van der Waals surface area contributed by atoms with Crippen molar-refractivity contribution in [2.24, 2.45) is 11.8 Å². The Balaban J connectivity index is -0.000000412. The maximum absolute atomic E-state index is 12.2. The number of hydrogen-bond donors (Lipinski definition) is 10. The van der Waals surface area contributed by atoms with Crippen molar-refractivity contribution in [2.45, 2.75) is 287 Å². The summed E-state index contributed by atoms with van der Waals surface area (Å²) in [6.07, 6.45) is 39.1. The smallest absolute Gasteiger partial charge is 0.317 e. The van der Waals surface area contributed by atoms with Crippen LogP contribution >= 0.6 is 47.0 Å². The van der Waals surface area contributed by atoms with E-state index in [9.17, 15) is 67.1 Å². The van der Waals surface area contributed by atoms with Crippen LogP contribution in [0.5, 0.6) is 0 Å². The van der Waals surface area contributed by atoms with E-state index in [1.54, 1.807) is 31.9 Å². The Hall–Kier alpha value is -6.02. The molecule has 0 aliphatic rings. The molecule has 0 fully saturated rings. The monoisotopic (exact) mass is 1550 g/mol. The summed E-state index contributed by atoms with van der Waals surface area (Å²) in [4.78, 5) is 154. The van der Waals surface area contributed by atoms with Crippen molar-refractivity contribution in [1.29, 1.82) is 0 Å². The maximum Gasteiger partial charge on any atom is 0.317 e. The highest BCUT2D eigenvalue weighted by atomic mass is 32.2. The Labute approximate surface area is 627 Å². The minimum atomic E-state index is -1.50. The number of carboxylic acids is 8. The third-order valence-electron chi connectivity index (χ3n) is 15.2. The van der Waals surface area contributed by atoms with E-state index in [4.69, 9.17) is 55.1 Å². The van der Waals surface area contributed by atoms with Crippen LogP contribution in [0, 0.1) is 11.8 Å². The highest BCUT2D eigenvalue weighted by molar-refractivity contribution is 8.00. The van der Waals surface area contributed by atoms with Crippen LogP contribution in [0.3, 0.4) is 0 Å². The van der Waals surface area contributed by atoms with Gasteiger partial charge in [-0.1, -0.05) is 181 Å². The number of hydrogen-bond acceptors (Lipinski definition) is 22. The molecule has 0 aromatic carbocycles. The van der Waals surface area contributed by atoms with Crippen LogP contribution < -0.4 is 10.6 Å². The van der Waals surface area contributed by atoms with Crippen molar-refractivity contribution in [1.82, 2.24) is 10.6 Å². The molecule has 0 radical (unpaired) electrons. The Bertz CT molecular complexity index is 2230. The first-order valence-electron chi connectivity index (χ1n) is 35.9. The number of aliphatic carboxylic acids is 8. The number of unbranched alkanes of at least 4 members (excludes halogenated alkanes) is 26. The van der Waals surface area contributed by atoms with Gasteiger partial charge >= 0.3 is 71.6 Å². The molecule has 0 saturated carbocycles. The number of amides is 2. The van der Waals surface area contributed by atoms with Crippen LogP contribution in [-0.2, 0) is 86.1 Å². The van der Waals surface area contributed by atoms with Crippen molar-refractivity contribution in [3.05, 3.63) is 0 Å². The summed E-state index contributed by atoms with van der Waals surface area (Å²) < 4.78 is 19.9. The number of ether oxygens (including phenoxy) is 4. The van der Waals surface area contributed by atoms with Crippen LogP contribution in [0.25, 0.3) is 0 Å². The lowest BCUT2D eigenvalue weighted by Gasteiger charge is -2.27. The normalized spacial score (nSPS) is 12.2. The molecule has 0 bridgehead atoms. The molecule has 2 amide bonds. The van der Waals surface area contributed by atoms with Gasteiger partial charge in [-0.3, -0.25) is 67.1 Å². The van der Waals surface area contributed by atoms with E-state index in [0.717, 1.165) is 49.5 Å². The molecule has 0 saturated heterocycles. The van der Waals surface area contributed by atoms with Crippen LogP contribution in [0.1, 0.15) is 265 Å². The molecule has 32 heteroatoms. The summed E-state index contributed by atoms with van der Waals surface area (Å²) in [5.74, 6) is -15.4. The maximum atomic E-state index is 12.2. The van der Waals surface area contributed by atoms with E-state index >= 15 is 0 Å². The summed E-state index contributed by atoms with van der Waals surface area (Å²) in [5.41, 5.74) is 0. The van der Waals surface area contributed by atoms with Gasteiger partial charge in [-0.05, 0) is 44.8 Å². The molecule has 0 aromatic heterocycles. The molecule has 0 aliphatic carbocycles. The molecule has 0 aromatic rings. The first kappa shape index (κ1) is 106. The topological polar surface area (TPSA) is 462 Å². The van der Waals surface area contributed by atoms with Crippen LogP contribution in [0.2, 0.25) is 0 Å². The van der Waals surface area contributed by atoms with Crippen molar-refractivity contribution >= 4 is 130 Å². The zero-order valence-corrected chi connectivity index (χ0v) is 65.7. The summed E-state index contributed by atoms with van der Waals surface area (Å²) in [7, 11) is 1.34. The molecule has 0 spiro atoms. The molecular formula is C71H126N2O26S4. The molecule has 28 nitrogen and oxygen atoms in total. The van der Waals surface area contributed by atoms with Gasteiger partial charge in [0.2, 0.25) is 11.8 Å². The van der Waals surface area contributed by atoms with Gasteiger partial charge in [0.05, 0.1) is 76.9 Å². The average Bonchev–Trinajstić information content (AvgIpc) is 0.885. The minimum Gasteiger partial charge on any atom is -0.481 e.